The summed E-state index contributed by atoms with van der Waals surface area (Å²) in [5.41, 5.74) is 0.546. The summed E-state index contributed by atoms with van der Waals surface area (Å²) in [6.45, 7) is 0. The van der Waals surface area contributed by atoms with E-state index in [4.69, 9.17) is 0 Å². The molecule has 2 heteroatoms. The van der Waals surface area contributed by atoms with Crippen LogP contribution in [0.2, 0.25) is 0 Å². The fraction of sp³-hybridized carbons (Fsp3) is 0.647. The Morgan fingerprint density at radius 2 is 1.53 bits per heavy atom. The smallest absolute Gasteiger partial charge is 0.0926 e. The van der Waals surface area contributed by atoms with E-state index in [0.717, 1.165) is 24.4 Å². The highest BCUT2D eigenvalue weighted by atomic mass is 16.3. The van der Waals surface area contributed by atoms with Gasteiger partial charge in [0.2, 0.25) is 0 Å². The summed E-state index contributed by atoms with van der Waals surface area (Å²) in [7, 11) is 0. The van der Waals surface area contributed by atoms with Gasteiger partial charge in [0.1, 0.15) is 0 Å². The first-order chi connectivity index (χ1) is 9.26. The summed E-state index contributed by atoms with van der Waals surface area (Å²) in [4.78, 5) is 2.76. The van der Waals surface area contributed by atoms with Gasteiger partial charge in [0.15, 0.2) is 0 Å². The summed E-state index contributed by atoms with van der Waals surface area (Å²) >= 11 is 0. The van der Waals surface area contributed by atoms with Crippen LogP contribution in [0.5, 0.6) is 0 Å². The van der Waals surface area contributed by atoms with Crippen LogP contribution in [-0.4, -0.2) is 28.1 Å². The van der Waals surface area contributed by atoms with Crippen LogP contribution < -0.4 is 0 Å². The molecule has 4 rings (SSSR count). The molecule has 1 saturated carbocycles. The molecule has 2 heterocycles. The number of hydrogen-bond donors (Lipinski definition) is 1. The first-order valence-electron chi connectivity index (χ1n) is 7.82. The number of aliphatic hydroxyl groups is 1. The van der Waals surface area contributed by atoms with E-state index in [1.54, 1.807) is 0 Å². The van der Waals surface area contributed by atoms with Crippen LogP contribution >= 0.6 is 0 Å². The molecule has 2 bridgehead atoms. The molecule has 1 N–H and O–H groups in total. The molecule has 2 atom stereocenters. The van der Waals surface area contributed by atoms with Gasteiger partial charge in [-0.2, -0.15) is 0 Å². The van der Waals surface area contributed by atoms with Crippen LogP contribution in [0, 0.1) is 0 Å². The third kappa shape index (κ3) is 2.02. The fourth-order valence-electron chi connectivity index (χ4n) is 4.42. The molecule has 102 valence electrons. The molecular formula is C17H23NO. The standard InChI is InChI=1S/C17H23NO/c19-17(13-5-2-1-3-6-13)11-15-7-4-8-16(12-17)18(15)14-9-10-14/h1-3,5-6,14-16,19H,4,7-12H2. The number of fused-ring (bicyclic) bond motifs is 2. The second-order valence-corrected chi connectivity index (χ2v) is 6.72. The Kier molecular flexibility index (Phi) is 2.71. The molecule has 1 aromatic carbocycles. The molecule has 2 saturated heterocycles. The summed E-state index contributed by atoms with van der Waals surface area (Å²) < 4.78 is 0. The van der Waals surface area contributed by atoms with E-state index >= 15 is 0 Å². The van der Waals surface area contributed by atoms with E-state index in [9.17, 15) is 5.11 Å². The van der Waals surface area contributed by atoms with Gasteiger partial charge in [0.05, 0.1) is 5.60 Å². The number of hydrogen-bond acceptors (Lipinski definition) is 2. The van der Waals surface area contributed by atoms with Gasteiger partial charge >= 0.3 is 0 Å². The molecule has 3 fully saturated rings. The van der Waals surface area contributed by atoms with E-state index < -0.39 is 5.60 Å². The largest absolute Gasteiger partial charge is 0.385 e. The minimum atomic E-state index is -0.581. The van der Waals surface area contributed by atoms with Crippen LogP contribution in [0.3, 0.4) is 0 Å². The molecule has 2 nitrogen and oxygen atoms in total. The summed E-state index contributed by atoms with van der Waals surface area (Å²) in [5, 5.41) is 11.1. The lowest BCUT2D eigenvalue weighted by atomic mass is 9.72. The average Bonchev–Trinajstić information content (AvgIpc) is 3.23. The molecule has 2 unspecified atom stereocenters. The van der Waals surface area contributed by atoms with E-state index in [2.05, 4.69) is 29.2 Å². The van der Waals surface area contributed by atoms with Crippen molar-refractivity contribution in [2.45, 2.75) is 68.7 Å². The van der Waals surface area contributed by atoms with Gasteiger partial charge in [0.25, 0.3) is 0 Å². The van der Waals surface area contributed by atoms with Gasteiger partial charge in [-0.3, -0.25) is 4.90 Å². The Labute approximate surface area is 115 Å². The van der Waals surface area contributed by atoms with Crippen molar-refractivity contribution in [3.63, 3.8) is 0 Å². The van der Waals surface area contributed by atoms with Crippen LogP contribution in [-0.2, 0) is 5.60 Å². The zero-order valence-corrected chi connectivity index (χ0v) is 11.5. The molecule has 2 aliphatic heterocycles. The van der Waals surface area contributed by atoms with Crippen LogP contribution in [0.4, 0.5) is 0 Å². The van der Waals surface area contributed by atoms with Crippen LogP contribution in [0.1, 0.15) is 50.5 Å². The SMILES string of the molecule is OC1(c2ccccc2)CC2CCCC(C1)N2C1CC1. The fourth-order valence-corrected chi connectivity index (χ4v) is 4.42. The molecule has 0 spiro atoms. The zero-order valence-electron chi connectivity index (χ0n) is 11.5. The van der Waals surface area contributed by atoms with Gasteiger partial charge in [-0.25, -0.2) is 0 Å². The van der Waals surface area contributed by atoms with Gasteiger partial charge in [0, 0.05) is 18.1 Å². The molecule has 1 aromatic rings. The van der Waals surface area contributed by atoms with Crippen LogP contribution in [0.15, 0.2) is 30.3 Å². The maximum Gasteiger partial charge on any atom is 0.0926 e. The molecule has 19 heavy (non-hydrogen) atoms. The number of piperidine rings is 2. The monoisotopic (exact) mass is 257 g/mol. The summed E-state index contributed by atoms with van der Waals surface area (Å²) in [5.74, 6) is 0. The van der Waals surface area contributed by atoms with Crippen molar-refractivity contribution in [2.24, 2.45) is 0 Å². The second kappa shape index (κ2) is 4.32. The topological polar surface area (TPSA) is 23.5 Å². The first-order valence-corrected chi connectivity index (χ1v) is 7.82. The Morgan fingerprint density at radius 1 is 0.895 bits per heavy atom. The minimum absolute atomic E-state index is 0.581. The first kappa shape index (κ1) is 11.9. The third-order valence-corrected chi connectivity index (χ3v) is 5.34. The van der Waals surface area contributed by atoms with Gasteiger partial charge < -0.3 is 5.11 Å². The number of benzene rings is 1. The van der Waals surface area contributed by atoms with Crippen LogP contribution in [0.25, 0.3) is 0 Å². The zero-order chi connectivity index (χ0) is 12.9. The molecule has 1 aliphatic carbocycles. The molecule has 0 radical (unpaired) electrons. The van der Waals surface area contributed by atoms with Gasteiger partial charge in [-0.05, 0) is 44.1 Å². The lowest BCUT2D eigenvalue weighted by Crippen LogP contribution is -2.57. The molecule has 0 aromatic heterocycles. The highest BCUT2D eigenvalue weighted by Gasteiger charge is 2.50. The Balaban J connectivity index is 1.63. The summed E-state index contributed by atoms with van der Waals surface area (Å²) in [6, 6.07) is 12.4. The van der Waals surface area contributed by atoms with Gasteiger partial charge in [-0.1, -0.05) is 36.8 Å². The number of nitrogens with zero attached hydrogens (tertiary/aromatic N) is 1. The lowest BCUT2D eigenvalue weighted by Gasteiger charge is -2.52. The Morgan fingerprint density at radius 3 is 2.11 bits per heavy atom. The summed E-state index contributed by atoms with van der Waals surface area (Å²) in [6.07, 6.45) is 8.55. The predicted molar refractivity (Wildman–Crippen MR) is 75.9 cm³/mol. The Hall–Kier alpha value is -0.860. The molecule has 0 amide bonds. The Bertz CT molecular complexity index is 440. The highest BCUT2D eigenvalue weighted by molar-refractivity contribution is 5.24. The maximum atomic E-state index is 11.1. The van der Waals surface area contributed by atoms with Crippen molar-refractivity contribution >= 4 is 0 Å². The van der Waals surface area contributed by atoms with E-state index in [0.29, 0.717) is 12.1 Å². The van der Waals surface area contributed by atoms with Crippen molar-refractivity contribution in [1.82, 2.24) is 4.90 Å². The van der Waals surface area contributed by atoms with Gasteiger partial charge in [-0.15, -0.1) is 0 Å². The van der Waals surface area contributed by atoms with Crippen molar-refractivity contribution in [2.75, 3.05) is 0 Å². The normalized spacial score (nSPS) is 39.2. The van der Waals surface area contributed by atoms with Crippen molar-refractivity contribution in [1.29, 1.82) is 0 Å². The quantitative estimate of drug-likeness (QED) is 0.880. The number of rotatable bonds is 2. The van der Waals surface area contributed by atoms with E-state index in [1.807, 2.05) is 6.07 Å². The van der Waals surface area contributed by atoms with Crippen molar-refractivity contribution in [3.8, 4) is 0 Å². The maximum absolute atomic E-state index is 11.1. The molecule has 3 aliphatic rings. The molecular weight excluding hydrogens is 234 g/mol. The lowest BCUT2D eigenvalue weighted by molar-refractivity contribution is -0.0998. The van der Waals surface area contributed by atoms with Crippen molar-refractivity contribution < 1.29 is 5.11 Å². The van der Waals surface area contributed by atoms with E-state index in [-0.39, 0.29) is 0 Å². The minimum Gasteiger partial charge on any atom is -0.385 e. The predicted octanol–water partition coefficient (Wildman–Crippen LogP) is 3.05. The van der Waals surface area contributed by atoms with E-state index in [1.165, 1.54) is 32.1 Å². The highest BCUT2D eigenvalue weighted by Crippen LogP contribution is 2.48. The second-order valence-electron chi connectivity index (χ2n) is 6.72. The average molecular weight is 257 g/mol. The third-order valence-electron chi connectivity index (χ3n) is 5.34. The van der Waals surface area contributed by atoms with Crippen molar-refractivity contribution in [3.05, 3.63) is 35.9 Å².